The van der Waals surface area contributed by atoms with E-state index >= 15 is 0 Å². The van der Waals surface area contributed by atoms with E-state index in [0.29, 0.717) is 23.7 Å². The molecule has 0 aliphatic heterocycles. The normalized spacial score (nSPS) is 12.1. The Kier molecular flexibility index (Phi) is 5.77. The van der Waals surface area contributed by atoms with Crippen LogP contribution in [0.25, 0.3) is 32.2 Å². The Bertz CT molecular complexity index is 1490. The third kappa shape index (κ3) is 3.90. The molecule has 3 N–H and O–H groups in total. The largest absolute Gasteiger partial charge is 0.493 e. The van der Waals surface area contributed by atoms with Crippen LogP contribution < -0.4 is 14.8 Å². The number of benzene rings is 2. The number of hydrogen-bond donors (Lipinski definition) is 3. The molecule has 9 heteroatoms. The minimum atomic E-state index is -0.958. The first kappa shape index (κ1) is 21.7. The summed E-state index contributed by atoms with van der Waals surface area (Å²) in [5, 5.41) is 16.9. The van der Waals surface area contributed by atoms with E-state index in [0.717, 1.165) is 37.8 Å². The molecule has 3 aromatic heterocycles. The quantitative estimate of drug-likeness (QED) is 0.291. The van der Waals surface area contributed by atoms with Crippen molar-refractivity contribution < 1.29 is 19.4 Å². The molecule has 0 radical (unpaired) electrons. The van der Waals surface area contributed by atoms with E-state index in [1.54, 1.807) is 14.2 Å². The van der Waals surface area contributed by atoms with Crippen molar-refractivity contribution in [3.63, 3.8) is 0 Å². The highest BCUT2D eigenvalue weighted by Crippen LogP contribution is 2.40. The molecule has 8 nitrogen and oxygen atoms in total. The number of carboxylic acids is 1. The predicted molar refractivity (Wildman–Crippen MR) is 133 cm³/mol. The zero-order valence-electron chi connectivity index (χ0n) is 18.5. The number of anilines is 1. The van der Waals surface area contributed by atoms with E-state index in [9.17, 15) is 9.90 Å². The zero-order chi connectivity index (χ0) is 23.7. The van der Waals surface area contributed by atoms with Crippen molar-refractivity contribution in [1.29, 1.82) is 0 Å². The number of rotatable bonds is 8. The van der Waals surface area contributed by atoms with Crippen molar-refractivity contribution in [2.45, 2.75) is 12.5 Å². The number of aliphatic carboxylic acids is 1. The summed E-state index contributed by atoms with van der Waals surface area (Å²) in [4.78, 5) is 25.0. The highest BCUT2D eigenvalue weighted by Gasteiger charge is 2.23. The van der Waals surface area contributed by atoms with E-state index < -0.39 is 12.0 Å². The van der Waals surface area contributed by atoms with Gasteiger partial charge in [-0.25, -0.2) is 14.8 Å². The Morgan fingerprint density at radius 1 is 1.15 bits per heavy atom. The Balaban J connectivity index is 1.53. The number of aromatic nitrogens is 3. The fourth-order valence-corrected chi connectivity index (χ4v) is 5.00. The number of aromatic amines is 1. The van der Waals surface area contributed by atoms with Crippen LogP contribution in [0.4, 0.5) is 5.82 Å². The summed E-state index contributed by atoms with van der Waals surface area (Å²) < 4.78 is 10.8. The van der Waals surface area contributed by atoms with Crippen LogP contribution in [0.3, 0.4) is 0 Å². The molecule has 2 aromatic carbocycles. The zero-order valence-corrected chi connectivity index (χ0v) is 19.3. The second-order valence-corrected chi connectivity index (χ2v) is 8.58. The van der Waals surface area contributed by atoms with Gasteiger partial charge in [0.2, 0.25) is 0 Å². The van der Waals surface area contributed by atoms with Gasteiger partial charge in [0.15, 0.2) is 11.5 Å². The Labute approximate surface area is 199 Å². The average molecular weight is 475 g/mol. The third-order valence-electron chi connectivity index (χ3n) is 5.77. The standard InChI is InChI=1S/C25H22N4O4S/c1-32-20-8-7-14(10-21(20)33-2)17-12-34-24-22(17)23(27-13-28-24)29-19(25(30)31)9-15-11-26-18-6-4-3-5-16(15)18/h3-8,10-13,19,26H,9H2,1-2H3,(H,30,31)(H,27,28,29). The maximum Gasteiger partial charge on any atom is 0.326 e. The van der Waals surface area contributed by atoms with Gasteiger partial charge in [-0.1, -0.05) is 24.3 Å². The fraction of sp³-hybridized carbons (Fsp3) is 0.160. The summed E-state index contributed by atoms with van der Waals surface area (Å²) >= 11 is 1.47. The van der Waals surface area contributed by atoms with Crippen LogP contribution in [0.1, 0.15) is 5.56 Å². The molecule has 0 bridgehead atoms. The first-order valence-electron chi connectivity index (χ1n) is 10.6. The molecule has 0 aliphatic rings. The lowest BCUT2D eigenvalue weighted by atomic mass is 10.0. The molecular weight excluding hydrogens is 452 g/mol. The summed E-state index contributed by atoms with van der Waals surface area (Å²) in [6.45, 7) is 0. The first-order chi connectivity index (χ1) is 16.6. The van der Waals surface area contributed by atoms with Crippen molar-refractivity contribution in [3.8, 4) is 22.6 Å². The minimum Gasteiger partial charge on any atom is -0.493 e. The molecule has 0 amide bonds. The smallest absolute Gasteiger partial charge is 0.326 e. The number of nitrogens with zero attached hydrogens (tertiary/aromatic N) is 2. The molecule has 0 saturated heterocycles. The van der Waals surface area contributed by atoms with Crippen molar-refractivity contribution in [1.82, 2.24) is 15.0 Å². The second kappa shape index (κ2) is 9.03. The van der Waals surface area contributed by atoms with Crippen LogP contribution in [0.2, 0.25) is 0 Å². The lowest BCUT2D eigenvalue weighted by Gasteiger charge is -2.16. The molecule has 0 spiro atoms. The summed E-state index contributed by atoms with van der Waals surface area (Å²) in [7, 11) is 3.18. The van der Waals surface area contributed by atoms with Gasteiger partial charge in [0.05, 0.1) is 19.6 Å². The van der Waals surface area contributed by atoms with Crippen LogP contribution in [0.15, 0.2) is 60.4 Å². The number of carbonyl (C=O) groups is 1. The number of hydrogen-bond acceptors (Lipinski definition) is 7. The van der Waals surface area contributed by atoms with Gasteiger partial charge in [-0.05, 0) is 29.3 Å². The van der Waals surface area contributed by atoms with Gasteiger partial charge in [-0.15, -0.1) is 11.3 Å². The molecular formula is C25H22N4O4S. The van der Waals surface area contributed by atoms with Gasteiger partial charge < -0.3 is 24.9 Å². The van der Waals surface area contributed by atoms with Crippen molar-refractivity contribution >= 4 is 44.2 Å². The molecule has 34 heavy (non-hydrogen) atoms. The second-order valence-electron chi connectivity index (χ2n) is 7.72. The lowest BCUT2D eigenvalue weighted by Crippen LogP contribution is -2.32. The number of nitrogens with one attached hydrogen (secondary N) is 2. The van der Waals surface area contributed by atoms with Gasteiger partial charge in [-0.3, -0.25) is 0 Å². The molecule has 0 saturated carbocycles. The van der Waals surface area contributed by atoms with Gasteiger partial charge in [0.1, 0.15) is 23.0 Å². The number of para-hydroxylation sites is 1. The van der Waals surface area contributed by atoms with Crippen LogP contribution in [0.5, 0.6) is 11.5 Å². The van der Waals surface area contributed by atoms with E-state index in [-0.39, 0.29) is 0 Å². The third-order valence-corrected chi connectivity index (χ3v) is 6.66. The highest BCUT2D eigenvalue weighted by molar-refractivity contribution is 7.17. The molecule has 1 atom stereocenters. The number of methoxy groups -OCH3 is 2. The highest BCUT2D eigenvalue weighted by atomic mass is 32.1. The van der Waals surface area contributed by atoms with Crippen LogP contribution >= 0.6 is 11.3 Å². The molecule has 0 fully saturated rings. The summed E-state index contributed by atoms with van der Waals surface area (Å²) in [5.41, 5.74) is 3.68. The number of ether oxygens (including phenoxy) is 2. The summed E-state index contributed by atoms with van der Waals surface area (Å²) in [5.74, 6) is 0.752. The molecule has 3 heterocycles. The molecule has 5 aromatic rings. The van der Waals surface area contributed by atoms with E-state index in [4.69, 9.17) is 9.47 Å². The van der Waals surface area contributed by atoms with Crippen LogP contribution in [-0.2, 0) is 11.2 Å². The maximum absolute atomic E-state index is 12.2. The van der Waals surface area contributed by atoms with Crippen molar-refractivity contribution in [2.24, 2.45) is 0 Å². The van der Waals surface area contributed by atoms with E-state index in [1.807, 2.05) is 54.0 Å². The molecule has 5 rings (SSSR count). The predicted octanol–water partition coefficient (Wildman–Crippen LogP) is 4.96. The molecule has 172 valence electrons. The fourth-order valence-electron chi connectivity index (χ4n) is 4.09. The van der Waals surface area contributed by atoms with E-state index in [2.05, 4.69) is 20.3 Å². The number of H-pyrrole nitrogens is 1. The number of fused-ring (bicyclic) bond motifs is 2. The lowest BCUT2D eigenvalue weighted by molar-refractivity contribution is -0.137. The maximum atomic E-state index is 12.2. The Morgan fingerprint density at radius 3 is 2.76 bits per heavy atom. The van der Waals surface area contributed by atoms with Gasteiger partial charge in [0.25, 0.3) is 0 Å². The Hall–Kier alpha value is -4.11. The minimum absolute atomic E-state index is 0.292. The first-order valence-corrected chi connectivity index (χ1v) is 11.5. The SMILES string of the molecule is COc1ccc(-c2csc3ncnc(NC(Cc4c[nH]c5ccccc45)C(=O)O)c23)cc1OC. The molecule has 0 aliphatic carbocycles. The number of thiophene rings is 1. The number of carboxylic acid groups (broad SMARTS) is 1. The molecule has 1 unspecified atom stereocenters. The van der Waals surface area contributed by atoms with Crippen LogP contribution in [0, 0.1) is 0 Å². The summed E-state index contributed by atoms with van der Waals surface area (Å²) in [6, 6.07) is 12.6. The van der Waals surface area contributed by atoms with Crippen LogP contribution in [-0.4, -0.2) is 46.3 Å². The Morgan fingerprint density at radius 2 is 1.97 bits per heavy atom. The monoisotopic (exact) mass is 474 g/mol. The van der Waals surface area contributed by atoms with Crippen molar-refractivity contribution in [3.05, 3.63) is 65.9 Å². The van der Waals surface area contributed by atoms with Crippen molar-refractivity contribution in [2.75, 3.05) is 19.5 Å². The van der Waals surface area contributed by atoms with Gasteiger partial charge in [-0.2, -0.15) is 0 Å². The van der Waals surface area contributed by atoms with Gasteiger partial charge in [0, 0.05) is 34.5 Å². The summed E-state index contributed by atoms with van der Waals surface area (Å²) in [6.07, 6.45) is 3.60. The van der Waals surface area contributed by atoms with Gasteiger partial charge >= 0.3 is 5.97 Å². The topological polar surface area (TPSA) is 109 Å². The average Bonchev–Trinajstić information content (AvgIpc) is 3.48. The van der Waals surface area contributed by atoms with E-state index in [1.165, 1.54) is 17.7 Å².